The molecule has 0 aromatic heterocycles. The van der Waals surface area contributed by atoms with E-state index in [1.54, 1.807) is 0 Å². The third-order valence-electron chi connectivity index (χ3n) is 4.08. The number of carbonyl (C=O) groups excluding carboxylic acids is 1. The van der Waals surface area contributed by atoms with Crippen molar-refractivity contribution in [3.8, 4) is 0 Å². The minimum Gasteiger partial charge on any atom is -0.294 e. The predicted octanol–water partition coefficient (Wildman–Crippen LogP) is 4.88. The minimum absolute atomic E-state index is 0.187. The quantitative estimate of drug-likeness (QED) is 0.622. The van der Waals surface area contributed by atoms with Gasteiger partial charge in [-0.3, -0.25) is 4.79 Å². The van der Waals surface area contributed by atoms with E-state index in [1.165, 1.54) is 16.3 Å². The molecule has 0 unspecified atom stereocenters. The first-order valence-electron chi connectivity index (χ1n) is 7.22. The van der Waals surface area contributed by atoms with Gasteiger partial charge in [-0.15, -0.1) is 0 Å². The molecule has 3 aromatic carbocycles. The van der Waals surface area contributed by atoms with Gasteiger partial charge in [0.2, 0.25) is 0 Å². The van der Waals surface area contributed by atoms with Crippen LogP contribution in [0.15, 0.2) is 60.7 Å². The Morgan fingerprint density at radius 1 is 0.857 bits per heavy atom. The number of benzene rings is 3. The summed E-state index contributed by atoms with van der Waals surface area (Å²) in [4.78, 5) is 12.5. The predicted molar refractivity (Wildman–Crippen MR) is 87.9 cm³/mol. The highest BCUT2D eigenvalue weighted by Crippen LogP contribution is 2.19. The average molecular weight is 274 g/mol. The molecule has 0 bridgehead atoms. The Bertz CT molecular complexity index is 815. The summed E-state index contributed by atoms with van der Waals surface area (Å²) in [6.45, 7) is 4.06. The van der Waals surface area contributed by atoms with Gasteiger partial charge in [0.1, 0.15) is 0 Å². The Balaban J connectivity index is 1.91. The maximum absolute atomic E-state index is 12.5. The van der Waals surface area contributed by atoms with Crippen molar-refractivity contribution in [1.82, 2.24) is 0 Å². The molecule has 3 rings (SSSR count). The number of ketones is 1. The SMILES string of the molecule is Cc1cccc(C(=O)Cc2ccc3ccccc3c2)c1C. The topological polar surface area (TPSA) is 17.1 Å². The van der Waals surface area contributed by atoms with E-state index in [-0.39, 0.29) is 5.78 Å². The van der Waals surface area contributed by atoms with E-state index in [0.29, 0.717) is 6.42 Å². The lowest BCUT2D eigenvalue weighted by atomic mass is 9.95. The molecule has 0 saturated heterocycles. The highest BCUT2D eigenvalue weighted by Gasteiger charge is 2.11. The van der Waals surface area contributed by atoms with Crippen LogP contribution in [0.5, 0.6) is 0 Å². The van der Waals surface area contributed by atoms with Gasteiger partial charge < -0.3 is 0 Å². The lowest BCUT2D eigenvalue weighted by Crippen LogP contribution is -2.06. The van der Waals surface area contributed by atoms with Crippen molar-refractivity contribution in [2.45, 2.75) is 20.3 Å². The van der Waals surface area contributed by atoms with Crippen molar-refractivity contribution in [3.05, 3.63) is 82.9 Å². The van der Waals surface area contributed by atoms with Gasteiger partial charge >= 0.3 is 0 Å². The molecular formula is C20H18O. The molecule has 0 atom stereocenters. The monoisotopic (exact) mass is 274 g/mol. The number of Topliss-reactive ketones (excluding diaryl/α,β-unsaturated/α-hetero) is 1. The van der Waals surface area contributed by atoms with E-state index in [4.69, 9.17) is 0 Å². The molecule has 0 aliphatic heterocycles. The summed E-state index contributed by atoms with van der Waals surface area (Å²) in [5.74, 6) is 0.187. The van der Waals surface area contributed by atoms with Crippen LogP contribution in [0.1, 0.15) is 27.0 Å². The van der Waals surface area contributed by atoms with Crippen LogP contribution in [0.2, 0.25) is 0 Å². The van der Waals surface area contributed by atoms with Crippen LogP contribution in [0.3, 0.4) is 0 Å². The van der Waals surface area contributed by atoms with Crippen molar-refractivity contribution < 1.29 is 4.79 Å². The second-order valence-corrected chi connectivity index (χ2v) is 5.53. The molecule has 3 aromatic rings. The molecular weight excluding hydrogens is 256 g/mol. The fourth-order valence-corrected chi connectivity index (χ4v) is 2.68. The zero-order valence-electron chi connectivity index (χ0n) is 12.4. The van der Waals surface area contributed by atoms with Gasteiger partial charge in [0.25, 0.3) is 0 Å². The highest BCUT2D eigenvalue weighted by atomic mass is 16.1. The molecule has 0 amide bonds. The Hall–Kier alpha value is -2.41. The highest BCUT2D eigenvalue weighted by molar-refractivity contribution is 5.99. The lowest BCUT2D eigenvalue weighted by molar-refractivity contribution is 0.0992. The first kappa shape index (κ1) is 13.6. The Morgan fingerprint density at radius 2 is 1.62 bits per heavy atom. The molecule has 0 saturated carbocycles. The van der Waals surface area contributed by atoms with Gasteiger partial charge in [0.05, 0.1) is 0 Å². The van der Waals surface area contributed by atoms with Crippen LogP contribution in [0.4, 0.5) is 0 Å². The Morgan fingerprint density at radius 3 is 2.43 bits per heavy atom. The molecule has 0 spiro atoms. The first-order chi connectivity index (χ1) is 10.1. The molecule has 0 radical (unpaired) electrons. The summed E-state index contributed by atoms with van der Waals surface area (Å²) >= 11 is 0. The van der Waals surface area contributed by atoms with E-state index in [2.05, 4.69) is 24.3 Å². The third-order valence-corrected chi connectivity index (χ3v) is 4.08. The first-order valence-corrected chi connectivity index (χ1v) is 7.22. The molecule has 0 aliphatic rings. The van der Waals surface area contributed by atoms with E-state index < -0.39 is 0 Å². The van der Waals surface area contributed by atoms with Crippen molar-refractivity contribution in [2.24, 2.45) is 0 Å². The molecule has 21 heavy (non-hydrogen) atoms. The van der Waals surface area contributed by atoms with E-state index >= 15 is 0 Å². The Kier molecular flexibility index (Phi) is 3.57. The van der Waals surface area contributed by atoms with Crippen LogP contribution in [0.25, 0.3) is 10.8 Å². The van der Waals surface area contributed by atoms with Gasteiger partial charge in [0.15, 0.2) is 5.78 Å². The normalized spacial score (nSPS) is 10.8. The number of carbonyl (C=O) groups is 1. The van der Waals surface area contributed by atoms with Crippen molar-refractivity contribution in [3.63, 3.8) is 0 Å². The fraction of sp³-hybridized carbons (Fsp3) is 0.150. The largest absolute Gasteiger partial charge is 0.294 e. The maximum Gasteiger partial charge on any atom is 0.167 e. The number of hydrogen-bond acceptors (Lipinski definition) is 1. The fourth-order valence-electron chi connectivity index (χ4n) is 2.68. The Labute approximate surface area is 125 Å². The molecule has 1 heteroatoms. The number of fused-ring (bicyclic) bond motifs is 1. The van der Waals surface area contributed by atoms with E-state index in [9.17, 15) is 4.79 Å². The van der Waals surface area contributed by atoms with Gasteiger partial charge in [-0.05, 0) is 41.3 Å². The average Bonchev–Trinajstić information content (AvgIpc) is 2.50. The summed E-state index contributed by atoms with van der Waals surface area (Å²) in [5, 5.41) is 2.39. The van der Waals surface area contributed by atoms with Crippen LogP contribution < -0.4 is 0 Å². The van der Waals surface area contributed by atoms with Gasteiger partial charge in [-0.1, -0.05) is 60.7 Å². The second kappa shape index (κ2) is 5.53. The van der Waals surface area contributed by atoms with Crippen LogP contribution in [0, 0.1) is 13.8 Å². The van der Waals surface area contributed by atoms with Gasteiger partial charge in [-0.2, -0.15) is 0 Å². The summed E-state index contributed by atoms with van der Waals surface area (Å²) in [6, 6.07) is 20.4. The van der Waals surface area contributed by atoms with E-state index in [1.807, 2.05) is 50.2 Å². The van der Waals surface area contributed by atoms with Crippen molar-refractivity contribution in [1.29, 1.82) is 0 Å². The lowest BCUT2D eigenvalue weighted by Gasteiger charge is -2.08. The third kappa shape index (κ3) is 2.73. The standard InChI is InChI=1S/C20H18O/c1-14-6-5-9-19(15(14)2)20(21)13-16-10-11-17-7-3-4-8-18(17)12-16/h3-12H,13H2,1-2H3. The summed E-state index contributed by atoms with van der Waals surface area (Å²) in [6.07, 6.45) is 0.453. The molecule has 0 fully saturated rings. The molecule has 0 heterocycles. The molecule has 104 valence electrons. The number of hydrogen-bond donors (Lipinski definition) is 0. The molecule has 1 nitrogen and oxygen atoms in total. The number of rotatable bonds is 3. The summed E-state index contributed by atoms with van der Waals surface area (Å²) in [5.41, 5.74) is 4.16. The summed E-state index contributed by atoms with van der Waals surface area (Å²) < 4.78 is 0. The van der Waals surface area contributed by atoms with Gasteiger partial charge in [-0.25, -0.2) is 0 Å². The van der Waals surface area contributed by atoms with Crippen LogP contribution in [-0.2, 0) is 6.42 Å². The number of aryl methyl sites for hydroxylation is 1. The van der Waals surface area contributed by atoms with E-state index in [0.717, 1.165) is 16.7 Å². The van der Waals surface area contributed by atoms with Crippen LogP contribution >= 0.6 is 0 Å². The second-order valence-electron chi connectivity index (χ2n) is 5.53. The molecule has 0 aliphatic carbocycles. The van der Waals surface area contributed by atoms with Gasteiger partial charge in [0, 0.05) is 12.0 Å². The smallest absolute Gasteiger partial charge is 0.167 e. The van der Waals surface area contributed by atoms with Crippen LogP contribution in [-0.4, -0.2) is 5.78 Å². The molecule has 0 N–H and O–H groups in total. The van der Waals surface area contributed by atoms with Crippen molar-refractivity contribution >= 4 is 16.6 Å². The maximum atomic E-state index is 12.5. The zero-order chi connectivity index (χ0) is 14.8. The summed E-state index contributed by atoms with van der Waals surface area (Å²) in [7, 11) is 0. The zero-order valence-corrected chi connectivity index (χ0v) is 12.4. The minimum atomic E-state index is 0.187. The van der Waals surface area contributed by atoms with Crippen molar-refractivity contribution in [2.75, 3.05) is 0 Å².